The zero-order chi connectivity index (χ0) is 32.5. The summed E-state index contributed by atoms with van der Waals surface area (Å²) in [6.45, 7) is 10.7. The van der Waals surface area contributed by atoms with Crippen molar-refractivity contribution in [3.8, 4) is 0 Å². The summed E-state index contributed by atoms with van der Waals surface area (Å²) >= 11 is 3.32. The summed E-state index contributed by atoms with van der Waals surface area (Å²) in [5, 5.41) is 37.1. The van der Waals surface area contributed by atoms with Gasteiger partial charge < -0.3 is 24.8 Å². The Morgan fingerprint density at radius 1 is 1.07 bits per heavy atom. The van der Waals surface area contributed by atoms with E-state index in [1.165, 1.54) is 13.0 Å². The van der Waals surface area contributed by atoms with E-state index in [4.69, 9.17) is 9.47 Å². The van der Waals surface area contributed by atoms with Gasteiger partial charge in [0.15, 0.2) is 5.78 Å². The molecular weight excluding hydrogens is 630 g/mol. The maximum atomic E-state index is 13.2. The third-order valence-electron chi connectivity index (χ3n) is 11.9. The van der Waals surface area contributed by atoms with Crippen LogP contribution in [0.3, 0.4) is 0 Å². The quantitative estimate of drug-likeness (QED) is 0.216. The number of hydrogen-bond donors (Lipinski definition) is 3. The predicted octanol–water partition coefficient (Wildman–Crippen LogP) is 5.01. The number of carbonyl (C=O) groups excluding carboxylic acids is 3. The Balaban J connectivity index is 1.49. The third-order valence-corrected chi connectivity index (χ3v) is 12.3. The Hall–Kier alpha value is -2.40. The Morgan fingerprint density at radius 3 is 2.39 bits per heavy atom. The van der Waals surface area contributed by atoms with Gasteiger partial charge in [0.05, 0.1) is 5.41 Å². The van der Waals surface area contributed by atoms with Crippen LogP contribution in [0.5, 0.6) is 0 Å². The van der Waals surface area contributed by atoms with Crippen molar-refractivity contribution in [2.75, 3.05) is 0 Å². The van der Waals surface area contributed by atoms with Gasteiger partial charge in [-0.05, 0) is 98.7 Å². The molecule has 1 heterocycles. The molecule has 0 aliphatic heterocycles. The second-order valence-corrected chi connectivity index (χ2v) is 15.1. The lowest BCUT2D eigenvalue weighted by Gasteiger charge is -2.67. The van der Waals surface area contributed by atoms with E-state index < -0.39 is 57.4 Å². The van der Waals surface area contributed by atoms with E-state index in [2.05, 4.69) is 20.9 Å². The van der Waals surface area contributed by atoms with Gasteiger partial charge in [-0.25, -0.2) is 14.6 Å². The first-order chi connectivity index (χ1) is 20.4. The maximum Gasteiger partial charge on any atom is 0.357 e. The van der Waals surface area contributed by atoms with Crippen LogP contribution < -0.4 is 0 Å². The van der Waals surface area contributed by atoms with Crippen molar-refractivity contribution in [3.63, 3.8) is 0 Å². The number of rotatable bonds is 6. The molecule has 0 spiro atoms. The number of esters is 2. The minimum Gasteiger partial charge on any atom is -0.458 e. The second-order valence-electron chi connectivity index (χ2n) is 14.1. The average molecular weight is 675 g/mol. The molecule has 3 saturated carbocycles. The SMILES string of the molecule is CC(=O)[C@]1(O)CC[C@@]2(O)[C@]1(C)[C@H](OC(=O)/C=C(\C)C(C)C)C[C@@H]1[C@@]3(C)CC[C@H](OC(=O)c4ccc(Br)cn4)CC3=CC[C@]12O. The fraction of sp³-hybridized carbons (Fsp3) is 0.647. The lowest BCUT2D eigenvalue weighted by molar-refractivity contribution is -0.314. The van der Waals surface area contributed by atoms with Gasteiger partial charge >= 0.3 is 11.9 Å². The number of hydrogen-bond acceptors (Lipinski definition) is 9. The maximum absolute atomic E-state index is 13.2. The van der Waals surface area contributed by atoms with Gasteiger partial charge in [-0.2, -0.15) is 0 Å². The highest BCUT2D eigenvalue weighted by Crippen LogP contribution is 2.71. The molecule has 3 N–H and O–H groups in total. The van der Waals surface area contributed by atoms with Crippen molar-refractivity contribution in [3.05, 3.63) is 51.8 Å². The average Bonchev–Trinajstić information content (AvgIpc) is 3.19. The molecule has 10 heteroatoms. The highest BCUT2D eigenvalue weighted by molar-refractivity contribution is 9.10. The van der Waals surface area contributed by atoms with Gasteiger partial charge in [0, 0.05) is 29.1 Å². The number of Topliss-reactive ketones (excluding diaryl/α,β-unsaturated/α-hetero) is 1. The number of nitrogens with zero attached hydrogens (tertiary/aromatic N) is 1. The number of carbonyl (C=O) groups is 3. The Morgan fingerprint density at radius 2 is 1.77 bits per heavy atom. The lowest BCUT2D eigenvalue weighted by Crippen LogP contribution is -2.78. The zero-order valence-electron chi connectivity index (χ0n) is 26.4. The Labute approximate surface area is 267 Å². The molecule has 8 atom stereocenters. The summed E-state index contributed by atoms with van der Waals surface area (Å²) in [4.78, 5) is 43.2. The van der Waals surface area contributed by atoms with Crippen LogP contribution in [-0.2, 0) is 19.1 Å². The van der Waals surface area contributed by atoms with Crippen LogP contribution in [-0.4, -0.2) is 67.0 Å². The van der Waals surface area contributed by atoms with Crippen LogP contribution in [0.2, 0.25) is 0 Å². The van der Waals surface area contributed by atoms with Crippen molar-refractivity contribution in [1.82, 2.24) is 4.98 Å². The van der Waals surface area contributed by atoms with Crippen LogP contribution in [0.4, 0.5) is 0 Å². The van der Waals surface area contributed by atoms with E-state index in [0.717, 1.165) is 15.6 Å². The number of ether oxygens (including phenoxy) is 2. The van der Waals surface area contributed by atoms with Crippen LogP contribution in [0, 0.1) is 22.7 Å². The normalized spacial score (nSPS) is 39.9. The number of aliphatic hydroxyl groups is 3. The number of aromatic nitrogens is 1. The van der Waals surface area contributed by atoms with Crippen molar-refractivity contribution < 1.29 is 39.2 Å². The topological polar surface area (TPSA) is 143 Å². The summed E-state index contributed by atoms with van der Waals surface area (Å²) in [7, 11) is 0. The molecule has 44 heavy (non-hydrogen) atoms. The van der Waals surface area contributed by atoms with E-state index >= 15 is 0 Å². The largest absolute Gasteiger partial charge is 0.458 e. The number of fused-ring (bicyclic) bond motifs is 5. The van der Waals surface area contributed by atoms with Crippen molar-refractivity contribution in [2.45, 2.75) is 115 Å². The van der Waals surface area contributed by atoms with Gasteiger partial charge in [-0.3, -0.25) is 4.79 Å². The van der Waals surface area contributed by atoms with Crippen molar-refractivity contribution >= 4 is 33.7 Å². The summed E-state index contributed by atoms with van der Waals surface area (Å²) in [5.41, 5.74) is -5.85. The summed E-state index contributed by atoms with van der Waals surface area (Å²) in [5.74, 6) is -2.09. The molecule has 0 radical (unpaired) electrons. The Kier molecular flexibility index (Phi) is 8.35. The molecule has 4 aliphatic rings. The van der Waals surface area contributed by atoms with E-state index in [0.29, 0.717) is 19.3 Å². The summed E-state index contributed by atoms with van der Waals surface area (Å²) in [6.07, 6.45) is 5.13. The number of allylic oxidation sites excluding steroid dienone is 1. The smallest absolute Gasteiger partial charge is 0.357 e. The van der Waals surface area contributed by atoms with E-state index in [9.17, 15) is 29.7 Å². The van der Waals surface area contributed by atoms with Gasteiger partial charge in [-0.1, -0.05) is 38.0 Å². The van der Waals surface area contributed by atoms with E-state index in [-0.39, 0.29) is 43.4 Å². The minimum absolute atomic E-state index is 0.0266. The van der Waals surface area contributed by atoms with Gasteiger partial charge in [0.2, 0.25) is 0 Å². The minimum atomic E-state index is -2.00. The highest BCUT2D eigenvalue weighted by Gasteiger charge is 2.81. The molecular formula is C34H44BrNO8. The number of ketones is 1. The van der Waals surface area contributed by atoms with Crippen LogP contribution in [0.25, 0.3) is 0 Å². The molecule has 0 aromatic carbocycles. The number of halogens is 1. The van der Waals surface area contributed by atoms with Gasteiger partial charge in [-0.15, -0.1) is 0 Å². The highest BCUT2D eigenvalue weighted by atomic mass is 79.9. The Bertz CT molecular complexity index is 1420. The fourth-order valence-corrected chi connectivity index (χ4v) is 8.93. The van der Waals surface area contributed by atoms with Crippen molar-refractivity contribution in [2.24, 2.45) is 22.7 Å². The molecule has 4 aliphatic carbocycles. The van der Waals surface area contributed by atoms with Crippen LogP contribution >= 0.6 is 15.9 Å². The third kappa shape index (κ3) is 4.74. The van der Waals surface area contributed by atoms with Crippen LogP contribution in [0.1, 0.15) is 97.0 Å². The molecule has 0 bridgehead atoms. The zero-order valence-corrected chi connectivity index (χ0v) is 27.9. The van der Waals surface area contributed by atoms with Gasteiger partial charge in [0.25, 0.3) is 0 Å². The summed E-state index contributed by atoms with van der Waals surface area (Å²) in [6, 6.07) is 3.33. The molecule has 5 rings (SSSR count). The van der Waals surface area contributed by atoms with E-state index in [1.54, 1.807) is 25.3 Å². The first-order valence-corrected chi connectivity index (χ1v) is 16.3. The molecule has 1 aromatic heterocycles. The molecule has 0 saturated heterocycles. The monoisotopic (exact) mass is 673 g/mol. The van der Waals surface area contributed by atoms with Crippen molar-refractivity contribution in [1.29, 1.82) is 0 Å². The molecule has 9 nitrogen and oxygen atoms in total. The molecule has 0 unspecified atom stereocenters. The molecule has 3 fully saturated rings. The number of pyridine rings is 1. The first-order valence-electron chi connectivity index (χ1n) is 15.5. The predicted molar refractivity (Wildman–Crippen MR) is 165 cm³/mol. The molecule has 1 aromatic rings. The van der Waals surface area contributed by atoms with Crippen LogP contribution in [0.15, 0.2) is 46.1 Å². The lowest BCUT2D eigenvalue weighted by atomic mass is 9.42. The molecule has 240 valence electrons. The first kappa shape index (κ1) is 33.0. The van der Waals surface area contributed by atoms with Gasteiger partial charge in [0.1, 0.15) is 34.7 Å². The second kappa shape index (κ2) is 11.1. The van der Waals surface area contributed by atoms with E-state index in [1.807, 2.05) is 33.8 Å². The summed E-state index contributed by atoms with van der Waals surface area (Å²) < 4.78 is 12.7. The fourth-order valence-electron chi connectivity index (χ4n) is 8.69. The standard InChI is InChI=1S/C34H44BrNO8/c1-19(2)20(3)15-28(38)44-27-17-26-30(5)11-10-24(43-29(39)25-8-7-23(35)18-36-25)16-22(30)9-12-33(26,41)34(42)14-13-32(40,21(4)37)31(27,34)6/h7-9,15,18-19,24,26-27,40-42H,10-14,16-17H2,1-6H3/b20-15+/t24-,26+,27+,30-,31+,32+,33-,34+/m0/s1. The molecule has 0 amide bonds.